The van der Waals surface area contributed by atoms with Gasteiger partial charge in [-0.2, -0.15) is 0 Å². The lowest BCUT2D eigenvalue weighted by Crippen LogP contribution is -1.95. The average Bonchev–Trinajstić information content (AvgIpc) is 2.17. The van der Waals surface area contributed by atoms with Crippen LogP contribution in [0, 0.1) is 0 Å². The monoisotopic (exact) mass is 170 g/mol. The van der Waals surface area contributed by atoms with E-state index in [0.717, 1.165) is 23.3 Å². The second-order valence-corrected chi connectivity index (χ2v) is 4.23. The molecule has 1 N–H and O–H groups in total. The summed E-state index contributed by atoms with van der Waals surface area (Å²) in [7, 11) is 0. The van der Waals surface area contributed by atoms with Crippen LogP contribution in [0.15, 0.2) is 22.8 Å². The van der Waals surface area contributed by atoms with Gasteiger partial charge in [-0.1, -0.05) is 19.9 Å². The maximum Gasteiger partial charge on any atom is 0.110 e. The minimum Gasteiger partial charge on any atom is -0.511 e. The summed E-state index contributed by atoms with van der Waals surface area (Å²) >= 11 is 1.66. The van der Waals surface area contributed by atoms with Crippen LogP contribution in [-0.4, -0.2) is 10.4 Å². The molecule has 1 aliphatic rings. The summed E-state index contributed by atoms with van der Waals surface area (Å²) < 4.78 is 0. The van der Waals surface area contributed by atoms with Gasteiger partial charge in [0, 0.05) is 10.5 Å². The summed E-state index contributed by atoms with van der Waals surface area (Å²) in [6.07, 6.45) is 2.04. The highest BCUT2D eigenvalue weighted by molar-refractivity contribution is 8.04. The van der Waals surface area contributed by atoms with E-state index in [1.807, 2.05) is 6.92 Å². The summed E-state index contributed by atoms with van der Waals surface area (Å²) in [6.45, 7) is 8.02. The van der Waals surface area contributed by atoms with Gasteiger partial charge < -0.3 is 5.11 Å². The van der Waals surface area contributed by atoms with Crippen molar-refractivity contribution in [3.63, 3.8) is 0 Å². The van der Waals surface area contributed by atoms with Crippen molar-refractivity contribution in [1.29, 1.82) is 0 Å². The van der Waals surface area contributed by atoms with Gasteiger partial charge in [-0.15, -0.1) is 11.8 Å². The Kier molecular flexibility index (Phi) is 2.66. The van der Waals surface area contributed by atoms with Crippen LogP contribution < -0.4 is 0 Å². The highest BCUT2D eigenvalue weighted by Gasteiger charge is 2.24. The molecule has 0 saturated carbocycles. The van der Waals surface area contributed by atoms with Crippen LogP contribution in [-0.2, 0) is 0 Å². The second-order valence-electron chi connectivity index (χ2n) is 2.80. The zero-order chi connectivity index (χ0) is 8.43. The Morgan fingerprint density at radius 1 is 1.64 bits per heavy atom. The molecule has 62 valence electrons. The first-order valence-electron chi connectivity index (χ1n) is 3.94. The molecule has 1 aliphatic heterocycles. The molecule has 11 heavy (non-hydrogen) atoms. The molecular weight excluding hydrogens is 156 g/mol. The zero-order valence-corrected chi connectivity index (χ0v) is 7.87. The van der Waals surface area contributed by atoms with Gasteiger partial charge in [0.05, 0.1) is 5.25 Å². The molecule has 0 bridgehead atoms. The van der Waals surface area contributed by atoms with E-state index >= 15 is 0 Å². The van der Waals surface area contributed by atoms with E-state index in [1.165, 1.54) is 0 Å². The van der Waals surface area contributed by atoms with Crippen LogP contribution in [0.5, 0.6) is 0 Å². The van der Waals surface area contributed by atoms with Gasteiger partial charge in [-0.05, 0) is 13.3 Å². The smallest absolute Gasteiger partial charge is 0.110 e. The van der Waals surface area contributed by atoms with Crippen LogP contribution in [0.25, 0.3) is 0 Å². The first-order valence-corrected chi connectivity index (χ1v) is 4.82. The van der Waals surface area contributed by atoms with Crippen LogP contribution in [0.2, 0.25) is 0 Å². The van der Waals surface area contributed by atoms with Gasteiger partial charge in [0.25, 0.3) is 0 Å². The molecule has 0 aromatic heterocycles. The van der Waals surface area contributed by atoms with Gasteiger partial charge in [-0.25, -0.2) is 0 Å². The molecule has 2 heteroatoms. The summed E-state index contributed by atoms with van der Waals surface area (Å²) in [5.74, 6) is 0.543. The van der Waals surface area contributed by atoms with E-state index in [1.54, 1.807) is 11.8 Å². The number of hydrogen-bond acceptors (Lipinski definition) is 2. The minimum absolute atomic E-state index is 0.226. The number of aliphatic hydroxyl groups excluding tert-OH is 1. The SMILES string of the molecule is C=C1SC(C)C(O)=C1CCC. The van der Waals surface area contributed by atoms with Crippen LogP contribution in [0.1, 0.15) is 26.7 Å². The third-order valence-electron chi connectivity index (χ3n) is 1.85. The molecule has 1 unspecified atom stereocenters. The van der Waals surface area contributed by atoms with Gasteiger partial charge in [0.2, 0.25) is 0 Å². The standard InChI is InChI=1S/C9H14OS/c1-4-5-8-6(2)11-7(3)9(8)10/h7,10H,2,4-5H2,1,3H3. The lowest BCUT2D eigenvalue weighted by molar-refractivity contribution is 0.393. The molecule has 0 aliphatic carbocycles. The van der Waals surface area contributed by atoms with Crippen molar-refractivity contribution in [3.05, 3.63) is 22.8 Å². The van der Waals surface area contributed by atoms with E-state index in [0.29, 0.717) is 5.76 Å². The first kappa shape index (κ1) is 8.72. The Bertz CT molecular complexity index is 206. The van der Waals surface area contributed by atoms with Crippen molar-refractivity contribution in [2.45, 2.75) is 31.9 Å². The fraction of sp³-hybridized carbons (Fsp3) is 0.556. The third-order valence-corrected chi connectivity index (χ3v) is 2.96. The number of rotatable bonds is 2. The maximum absolute atomic E-state index is 9.56. The van der Waals surface area contributed by atoms with Crippen LogP contribution in [0.4, 0.5) is 0 Å². The fourth-order valence-corrected chi connectivity index (χ4v) is 2.28. The van der Waals surface area contributed by atoms with E-state index in [9.17, 15) is 5.11 Å². The summed E-state index contributed by atoms with van der Waals surface area (Å²) in [5, 5.41) is 9.78. The molecule has 1 heterocycles. The Balaban J connectivity index is 2.79. The number of aliphatic hydroxyl groups is 1. The van der Waals surface area contributed by atoms with E-state index in [4.69, 9.17) is 0 Å². The van der Waals surface area contributed by atoms with Crippen molar-refractivity contribution >= 4 is 11.8 Å². The van der Waals surface area contributed by atoms with Gasteiger partial charge in [0.1, 0.15) is 5.76 Å². The molecule has 0 saturated heterocycles. The van der Waals surface area contributed by atoms with Gasteiger partial charge in [-0.3, -0.25) is 0 Å². The molecule has 1 rings (SSSR count). The van der Waals surface area contributed by atoms with Crippen molar-refractivity contribution in [2.75, 3.05) is 0 Å². The third kappa shape index (κ3) is 1.62. The predicted octanol–water partition coefficient (Wildman–Crippen LogP) is 3.25. The molecule has 1 atom stereocenters. The summed E-state index contributed by atoms with van der Waals surface area (Å²) in [4.78, 5) is 1.05. The van der Waals surface area contributed by atoms with Crippen LogP contribution in [0.3, 0.4) is 0 Å². The number of allylic oxidation sites excluding steroid dienone is 1. The summed E-state index contributed by atoms with van der Waals surface area (Å²) in [6, 6.07) is 0. The van der Waals surface area contributed by atoms with Crippen molar-refractivity contribution in [1.82, 2.24) is 0 Å². The van der Waals surface area contributed by atoms with Gasteiger partial charge in [0.15, 0.2) is 0 Å². The topological polar surface area (TPSA) is 20.2 Å². The van der Waals surface area contributed by atoms with E-state index in [2.05, 4.69) is 13.5 Å². The highest BCUT2D eigenvalue weighted by Crippen LogP contribution is 2.41. The minimum atomic E-state index is 0.226. The van der Waals surface area contributed by atoms with Crippen molar-refractivity contribution in [3.8, 4) is 0 Å². The average molecular weight is 170 g/mol. The molecule has 0 spiro atoms. The van der Waals surface area contributed by atoms with Gasteiger partial charge >= 0.3 is 0 Å². The second kappa shape index (κ2) is 3.35. The number of hydrogen-bond donors (Lipinski definition) is 1. The highest BCUT2D eigenvalue weighted by atomic mass is 32.2. The normalized spacial score (nSPS) is 24.9. The summed E-state index contributed by atoms with van der Waals surface area (Å²) in [5.41, 5.74) is 1.07. The van der Waals surface area contributed by atoms with E-state index < -0.39 is 0 Å². The van der Waals surface area contributed by atoms with E-state index in [-0.39, 0.29) is 5.25 Å². The molecular formula is C9H14OS. The molecule has 0 fully saturated rings. The Morgan fingerprint density at radius 2 is 2.27 bits per heavy atom. The number of thioether (sulfide) groups is 1. The largest absolute Gasteiger partial charge is 0.511 e. The molecule has 0 aromatic carbocycles. The molecule has 0 aromatic rings. The zero-order valence-electron chi connectivity index (χ0n) is 7.05. The lowest BCUT2D eigenvalue weighted by Gasteiger charge is -1.99. The Morgan fingerprint density at radius 3 is 2.64 bits per heavy atom. The predicted molar refractivity (Wildman–Crippen MR) is 50.8 cm³/mol. The van der Waals surface area contributed by atoms with Crippen molar-refractivity contribution < 1.29 is 5.11 Å². The van der Waals surface area contributed by atoms with Crippen LogP contribution >= 0.6 is 11.8 Å². The first-order chi connectivity index (χ1) is 5.16. The maximum atomic E-state index is 9.56. The lowest BCUT2D eigenvalue weighted by atomic mass is 10.1. The quantitative estimate of drug-likeness (QED) is 0.686. The molecule has 0 amide bonds. The molecule has 0 radical (unpaired) electrons. The van der Waals surface area contributed by atoms with Crippen molar-refractivity contribution in [2.24, 2.45) is 0 Å². The Labute approximate surface area is 72.2 Å². The molecule has 1 nitrogen and oxygen atoms in total. The fourth-order valence-electron chi connectivity index (χ4n) is 1.25. The Hall–Kier alpha value is -0.370.